The number of methoxy groups -OCH3 is 1. The van der Waals surface area contributed by atoms with Gasteiger partial charge in [0.15, 0.2) is 5.96 Å². The average Bonchev–Trinajstić information content (AvgIpc) is 2.65. The highest BCUT2D eigenvalue weighted by Crippen LogP contribution is 2.44. The molecule has 0 bridgehead atoms. The van der Waals surface area contributed by atoms with E-state index in [0.29, 0.717) is 11.8 Å². The second-order valence-corrected chi connectivity index (χ2v) is 6.02. The summed E-state index contributed by atoms with van der Waals surface area (Å²) in [6.07, 6.45) is 5.19. The van der Waals surface area contributed by atoms with Crippen LogP contribution in [-0.4, -0.2) is 43.2 Å². The summed E-state index contributed by atoms with van der Waals surface area (Å²) in [5, 5.41) is 0. The van der Waals surface area contributed by atoms with Gasteiger partial charge in [-0.2, -0.15) is 0 Å². The smallest absolute Gasteiger partial charge is 0.191 e. The van der Waals surface area contributed by atoms with Gasteiger partial charge in [-0.15, -0.1) is 0 Å². The first-order valence-corrected chi connectivity index (χ1v) is 7.18. The van der Waals surface area contributed by atoms with E-state index in [-0.39, 0.29) is 5.54 Å². The summed E-state index contributed by atoms with van der Waals surface area (Å²) in [7, 11) is 1.75. The highest BCUT2D eigenvalue weighted by atomic mass is 16.5. The molecule has 0 aromatic carbocycles. The highest BCUT2D eigenvalue weighted by Gasteiger charge is 2.49. The molecule has 104 valence electrons. The van der Waals surface area contributed by atoms with E-state index in [1.807, 2.05) is 0 Å². The van der Waals surface area contributed by atoms with Gasteiger partial charge in [0.25, 0.3) is 0 Å². The standard InChI is InChI=1S/C14H27N3O/c1-11(2)12-6-4-5-7-14(12)10-16-13(15)17(14)8-9-18-3/h11-12H,4-10H2,1-3H3,(H2,15,16). The number of ether oxygens (including phenoxy) is 1. The van der Waals surface area contributed by atoms with Gasteiger partial charge in [-0.3, -0.25) is 4.99 Å². The molecule has 1 saturated carbocycles. The topological polar surface area (TPSA) is 50.9 Å². The summed E-state index contributed by atoms with van der Waals surface area (Å²) in [4.78, 5) is 6.88. The van der Waals surface area contributed by atoms with Crippen LogP contribution in [0.15, 0.2) is 4.99 Å². The molecule has 1 fully saturated rings. The molecule has 0 radical (unpaired) electrons. The lowest BCUT2D eigenvalue weighted by Crippen LogP contribution is -2.59. The minimum atomic E-state index is 0.176. The van der Waals surface area contributed by atoms with Gasteiger partial charge < -0.3 is 15.4 Å². The molecular formula is C14H27N3O. The SMILES string of the molecule is COCCN1C(N)=NCC12CCCCC2C(C)C. The van der Waals surface area contributed by atoms with E-state index in [1.165, 1.54) is 25.7 Å². The molecule has 1 spiro atoms. The number of aliphatic imine (C=N–C) groups is 1. The van der Waals surface area contributed by atoms with Crippen LogP contribution >= 0.6 is 0 Å². The summed E-state index contributed by atoms with van der Waals surface area (Å²) >= 11 is 0. The van der Waals surface area contributed by atoms with E-state index in [4.69, 9.17) is 10.5 Å². The van der Waals surface area contributed by atoms with E-state index < -0.39 is 0 Å². The molecule has 4 heteroatoms. The van der Waals surface area contributed by atoms with Gasteiger partial charge in [-0.25, -0.2) is 0 Å². The zero-order valence-corrected chi connectivity index (χ0v) is 12.0. The first-order chi connectivity index (χ1) is 8.62. The third-order valence-electron chi connectivity index (χ3n) is 4.72. The lowest BCUT2D eigenvalue weighted by atomic mass is 9.67. The Hall–Kier alpha value is -0.770. The lowest BCUT2D eigenvalue weighted by Gasteiger charge is -2.49. The molecule has 2 rings (SSSR count). The summed E-state index contributed by atoms with van der Waals surface area (Å²) in [5.74, 6) is 2.11. The molecule has 0 amide bonds. The first kappa shape index (κ1) is 13.7. The Morgan fingerprint density at radius 1 is 1.50 bits per heavy atom. The second kappa shape index (κ2) is 5.47. The van der Waals surface area contributed by atoms with Gasteiger partial charge in [0.2, 0.25) is 0 Å². The number of rotatable bonds is 4. The fraction of sp³-hybridized carbons (Fsp3) is 0.929. The van der Waals surface area contributed by atoms with E-state index in [1.54, 1.807) is 7.11 Å². The van der Waals surface area contributed by atoms with Crippen LogP contribution in [0.2, 0.25) is 0 Å². The molecule has 0 aromatic rings. The molecule has 1 aliphatic heterocycles. The van der Waals surface area contributed by atoms with Crippen molar-refractivity contribution in [2.24, 2.45) is 22.6 Å². The predicted molar refractivity (Wildman–Crippen MR) is 74.6 cm³/mol. The van der Waals surface area contributed by atoms with Gasteiger partial charge in [0.05, 0.1) is 18.7 Å². The fourth-order valence-electron chi connectivity index (χ4n) is 3.87. The van der Waals surface area contributed by atoms with E-state index >= 15 is 0 Å². The number of hydrogen-bond donors (Lipinski definition) is 1. The maximum absolute atomic E-state index is 6.11. The minimum absolute atomic E-state index is 0.176. The largest absolute Gasteiger partial charge is 0.383 e. The van der Waals surface area contributed by atoms with Gasteiger partial charge in [-0.1, -0.05) is 26.7 Å². The Balaban J connectivity index is 2.20. The quantitative estimate of drug-likeness (QED) is 0.832. The van der Waals surface area contributed by atoms with Crippen LogP contribution in [0.5, 0.6) is 0 Å². The van der Waals surface area contributed by atoms with Crippen molar-refractivity contribution in [3.8, 4) is 0 Å². The Bertz CT molecular complexity index is 316. The van der Waals surface area contributed by atoms with Crippen molar-refractivity contribution >= 4 is 5.96 Å². The number of hydrogen-bond acceptors (Lipinski definition) is 4. The Morgan fingerprint density at radius 3 is 2.94 bits per heavy atom. The molecule has 0 aromatic heterocycles. The van der Waals surface area contributed by atoms with E-state index in [2.05, 4.69) is 23.7 Å². The molecular weight excluding hydrogens is 226 g/mol. The third-order valence-corrected chi connectivity index (χ3v) is 4.72. The molecule has 4 nitrogen and oxygen atoms in total. The monoisotopic (exact) mass is 253 g/mol. The third kappa shape index (κ3) is 2.22. The molecule has 1 aliphatic carbocycles. The van der Waals surface area contributed by atoms with E-state index in [0.717, 1.165) is 25.7 Å². The number of guanidine groups is 1. The van der Waals surface area contributed by atoms with E-state index in [9.17, 15) is 0 Å². The van der Waals surface area contributed by atoms with Crippen LogP contribution in [-0.2, 0) is 4.74 Å². The fourth-order valence-corrected chi connectivity index (χ4v) is 3.87. The second-order valence-electron chi connectivity index (χ2n) is 6.02. The summed E-state index contributed by atoms with van der Waals surface area (Å²) in [5.41, 5.74) is 6.28. The zero-order valence-electron chi connectivity index (χ0n) is 12.0. The summed E-state index contributed by atoms with van der Waals surface area (Å²) in [6, 6.07) is 0. The normalized spacial score (nSPS) is 32.3. The predicted octanol–water partition coefficient (Wildman–Crippen LogP) is 1.85. The average molecular weight is 253 g/mol. The van der Waals surface area contributed by atoms with Crippen LogP contribution in [0.1, 0.15) is 39.5 Å². The maximum atomic E-state index is 6.11. The molecule has 18 heavy (non-hydrogen) atoms. The van der Waals surface area contributed by atoms with Crippen molar-refractivity contribution in [3.63, 3.8) is 0 Å². The van der Waals surface area contributed by atoms with Crippen LogP contribution in [0.3, 0.4) is 0 Å². The minimum Gasteiger partial charge on any atom is -0.383 e. The van der Waals surface area contributed by atoms with Crippen molar-refractivity contribution < 1.29 is 4.74 Å². The lowest BCUT2D eigenvalue weighted by molar-refractivity contribution is 0.0309. The summed E-state index contributed by atoms with van der Waals surface area (Å²) < 4.78 is 5.23. The summed E-state index contributed by atoms with van der Waals surface area (Å²) in [6.45, 7) is 7.14. The van der Waals surface area contributed by atoms with Gasteiger partial charge >= 0.3 is 0 Å². The van der Waals surface area contributed by atoms with Crippen LogP contribution in [0, 0.1) is 11.8 Å². The maximum Gasteiger partial charge on any atom is 0.191 e. The van der Waals surface area contributed by atoms with Gasteiger partial charge in [0, 0.05) is 13.7 Å². The first-order valence-electron chi connectivity index (χ1n) is 7.18. The molecule has 1 heterocycles. The number of nitrogens with two attached hydrogens (primary N) is 1. The molecule has 2 aliphatic rings. The van der Waals surface area contributed by atoms with Crippen LogP contribution in [0.4, 0.5) is 0 Å². The zero-order chi connectivity index (χ0) is 13.2. The molecule has 0 saturated heterocycles. The van der Waals surface area contributed by atoms with Crippen molar-refractivity contribution in [2.45, 2.75) is 45.1 Å². The van der Waals surface area contributed by atoms with Crippen LogP contribution < -0.4 is 5.73 Å². The highest BCUT2D eigenvalue weighted by molar-refractivity contribution is 5.81. The van der Waals surface area contributed by atoms with Crippen molar-refractivity contribution in [2.75, 3.05) is 26.8 Å². The Labute approximate surface area is 111 Å². The van der Waals surface area contributed by atoms with Gasteiger partial charge in [-0.05, 0) is 24.7 Å². The number of nitrogens with zero attached hydrogens (tertiary/aromatic N) is 2. The molecule has 2 unspecified atom stereocenters. The molecule has 2 atom stereocenters. The Morgan fingerprint density at radius 2 is 2.28 bits per heavy atom. The Kier molecular flexibility index (Phi) is 4.15. The van der Waals surface area contributed by atoms with Crippen molar-refractivity contribution in [1.82, 2.24) is 4.90 Å². The van der Waals surface area contributed by atoms with Crippen molar-refractivity contribution in [1.29, 1.82) is 0 Å². The van der Waals surface area contributed by atoms with Crippen molar-refractivity contribution in [3.05, 3.63) is 0 Å². The van der Waals surface area contributed by atoms with Gasteiger partial charge in [0.1, 0.15) is 0 Å². The van der Waals surface area contributed by atoms with Crippen LogP contribution in [0.25, 0.3) is 0 Å². The molecule has 2 N–H and O–H groups in total.